The van der Waals surface area contributed by atoms with Crippen LogP contribution in [-0.4, -0.2) is 48.1 Å². The second-order valence-electron chi connectivity index (χ2n) is 6.20. The lowest BCUT2D eigenvalue weighted by Gasteiger charge is -2.19. The molecule has 1 aromatic heterocycles. The first-order chi connectivity index (χ1) is 11.5. The molecule has 1 N–H and O–H groups in total. The highest BCUT2D eigenvalue weighted by Gasteiger charge is 2.24. The second-order valence-corrected chi connectivity index (χ2v) is 7.02. The van der Waals surface area contributed by atoms with Gasteiger partial charge in [-0.25, -0.2) is 4.98 Å². The smallest absolute Gasteiger partial charge is 0.226 e. The lowest BCUT2D eigenvalue weighted by atomic mass is 10.2. The first-order valence-corrected chi connectivity index (χ1v) is 8.70. The highest BCUT2D eigenvalue weighted by Crippen LogP contribution is 2.27. The van der Waals surface area contributed by atoms with Crippen LogP contribution in [0.1, 0.15) is 12.0 Å². The van der Waals surface area contributed by atoms with Crippen molar-refractivity contribution in [3.05, 3.63) is 46.1 Å². The quantitative estimate of drug-likeness (QED) is 0.877. The molecule has 1 aliphatic heterocycles. The molecule has 1 unspecified atom stereocenters. The van der Waals surface area contributed by atoms with Crippen molar-refractivity contribution in [1.82, 2.24) is 14.9 Å². The number of nitrogens with zero attached hydrogens (tertiary/aromatic N) is 4. The lowest BCUT2D eigenvalue weighted by molar-refractivity contribution is 0.329. The van der Waals surface area contributed by atoms with Gasteiger partial charge in [0.05, 0.1) is 0 Å². The van der Waals surface area contributed by atoms with Crippen molar-refractivity contribution in [3.63, 3.8) is 0 Å². The molecule has 0 saturated carbocycles. The van der Waals surface area contributed by atoms with Crippen LogP contribution in [-0.2, 0) is 6.54 Å². The molecule has 2 heterocycles. The van der Waals surface area contributed by atoms with Gasteiger partial charge in [0, 0.05) is 61.6 Å². The van der Waals surface area contributed by atoms with E-state index in [1.807, 2.05) is 43.3 Å². The van der Waals surface area contributed by atoms with E-state index in [4.69, 9.17) is 23.2 Å². The van der Waals surface area contributed by atoms with Gasteiger partial charge in [-0.3, -0.25) is 4.90 Å². The highest BCUT2D eigenvalue weighted by molar-refractivity contribution is 6.35. The second kappa shape index (κ2) is 7.55. The van der Waals surface area contributed by atoms with Crippen molar-refractivity contribution in [2.24, 2.45) is 0 Å². The summed E-state index contributed by atoms with van der Waals surface area (Å²) in [6.45, 7) is 2.71. The third-order valence-electron chi connectivity index (χ3n) is 4.11. The van der Waals surface area contributed by atoms with Crippen LogP contribution in [0.4, 0.5) is 11.8 Å². The van der Waals surface area contributed by atoms with Crippen LogP contribution in [0.2, 0.25) is 10.0 Å². The van der Waals surface area contributed by atoms with Crippen molar-refractivity contribution in [2.45, 2.75) is 19.0 Å². The molecular formula is C17H21Cl2N5. The minimum atomic E-state index is 0.358. The Kier molecular flexibility index (Phi) is 5.43. The summed E-state index contributed by atoms with van der Waals surface area (Å²) >= 11 is 12.5. The van der Waals surface area contributed by atoms with Gasteiger partial charge in [0.2, 0.25) is 5.95 Å². The molecule has 1 fully saturated rings. The molecule has 0 aliphatic carbocycles. The number of rotatable bonds is 5. The van der Waals surface area contributed by atoms with E-state index in [2.05, 4.69) is 20.2 Å². The van der Waals surface area contributed by atoms with Gasteiger partial charge in [-0.15, -0.1) is 0 Å². The molecule has 128 valence electrons. The number of hydrogen-bond acceptors (Lipinski definition) is 5. The minimum absolute atomic E-state index is 0.358. The summed E-state index contributed by atoms with van der Waals surface area (Å²) in [6, 6.07) is 7.91. The predicted octanol–water partition coefficient (Wildman–Crippen LogP) is 3.54. The first kappa shape index (κ1) is 17.3. The van der Waals surface area contributed by atoms with Gasteiger partial charge in [-0.1, -0.05) is 29.3 Å². The summed E-state index contributed by atoms with van der Waals surface area (Å²) in [7, 11) is 3.87. The standard InChI is InChI=1S/C17H21Cl2N5/c1-23(2)17-20-8-6-16(22-17)21-12-7-9-24(10-12)11-13-14(18)4-3-5-15(13)19/h3-6,8,12H,7,9-11H2,1-2H3,(H,20,21,22). The van der Waals surface area contributed by atoms with E-state index in [1.165, 1.54) is 0 Å². The molecular weight excluding hydrogens is 345 g/mol. The molecule has 5 nitrogen and oxygen atoms in total. The Balaban J connectivity index is 1.61. The molecule has 1 atom stereocenters. The van der Waals surface area contributed by atoms with Crippen LogP contribution in [0, 0.1) is 0 Å². The first-order valence-electron chi connectivity index (χ1n) is 7.95. The molecule has 1 saturated heterocycles. The van der Waals surface area contributed by atoms with Gasteiger partial charge < -0.3 is 10.2 Å². The van der Waals surface area contributed by atoms with Crippen molar-refractivity contribution in [3.8, 4) is 0 Å². The van der Waals surface area contributed by atoms with Gasteiger partial charge in [0.15, 0.2) is 0 Å². The predicted molar refractivity (Wildman–Crippen MR) is 100 cm³/mol. The summed E-state index contributed by atoms with van der Waals surface area (Å²) in [5, 5.41) is 4.95. The van der Waals surface area contributed by atoms with Gasteiger partial charge in [-0.05, 0) is 24.6 Å². The average molecular weight is 366 g/mol. The van der Waals surface area contributed by atoms with Gasteiger partial charge in [0.25, 0.3) is 0 Å². The summed E-state index contributed by atoms with van der Waals surface area (Å²) in [6.07, 6.45) is 2.84. The Bertz CT molecular complexity index is 687. The topological polar surface area (TPSA) is 44.3 Å². The zero-order valence-corrected chi connectivity index (χ0v) is 15.3. The molecule has 0 spiro atoms. The zero-order valence-electron chi connectivity index (χ0n) is 13.8. The minimum Gasteiger partial charge on any atom is -0.366 e. The molecule has 1 aliphatic rings. The van der Waals surface area contributed by atoms with Gasteiger partial charge in [0.1, 0.15) is 5.82 Å². The maximum absolute atomic E-state index is 6.27. The van der Waals surface area contributed by atoms with Crippen molar-refractivity contribution >= 4 is 35.0 Å². The number of nitrogens with one attached hydrogen (secondary N) is 1. The van der Waals surface area contributed by atoms with E-state index in [9.17, 15) is 0 Å². The Morgan fingerprint density at radius 3 is 2.71 bits per heavy atom. The molecule has 0 amide bonds. The summed E-state index contributed by atoms with van der Waals surface area (Å²) < 4.78 is 0. The number of benzene rings is 1. The van der Waals surface area contributed by atoms with E-state index in [1.54, 1.807) is 6.20 Å². The van der Waals surface area contributed by atoms with Crippen LogP contribution in [0.25, 0.3) is 0 Å². The normalized spacial score (nSPS) is 17.9. The molecule has 2 aromatic rings. The SMILES string of the molecule is CN(C)c1nccc(NC2CCN(Cc3c(Cl)cccc3Cl)C2)n1. The summed E-state index contributed by atoms with van der Waals surface area (Å²) in [4.78, 5) is 13.0. The fraction of sp³-hybridized carbons (Fsp3) is 0.412. The third kappa shape index (κ3) is 4.09. The molecule has 0 bridgehead atoms. The Morgan fingerprint density at radius 2 is 2.00 bits per heavy atom. The largest absolute Gasteiger partial charge is 0.366 e. The van der Waals surface area contributed by atoms with Gasteiger partial charge in [-0.2, -0.15) is 4.98 Å². The number of hydrogen-bond donors (Lipinski definition) is 1. The highest BCUT2D eigenvalue weighted by atomic mass is 35.5. The lowest BCUT2D eigenvalue weighted by Crippen LogP contribution is -2.26. The third-order valence-corrected chi connectivity index (χ3v) is 4.82. The van der Waals surface area contributed by atoms with E-state index < -0.39 is 0 Å². The Labute approximate surface area is 152 Å². The fourth-order valence-corrected chi connectivity index (χ4v) is 3.37. The van der Waals surface area contributed by atoms with Crippen molar-refractivity contribution in [1.29, 1.82) is 0 Å². The molecule has 24 heavy (non-hydrogen) atoms. The van der Waals surface area contributed by atoms with Crippen LogP contribution in [0.15, 0.2) is 30.5 Å². The average Bonchev–Trinajstić information content (AvgIpc) is 2.98. The van der Waals surface area contributed by atoms with Crippen LogP contribution >= 0.6 is 23.2 Å². The van der Waals surface area contributed by atoms with Crippen molar-refractivity contribution < 1.29 is 0 Å². The summed E-state index contributed by atoms with van der Waals surface area (Å²) in [5.41, 5.74) is 0.999. The maximum Gasteiger partial charge on any atom is 0.226 e. The van der Waals surface area contributed by atoms with E-state index in [0.717, 1.165) is 47.5 Å². The van der Waals surface area contributed by atoms with E-state index in [-0.39, 0.29) is 0 Å². The fourth-order valence-electron chi connectivity index (χ4n) is 2.85. The van der Waals surface area contributed by atoms with Gasteiger partial charge >= 0.3 is 0 Å². The van der Waals surface area contributed by atoms with E-state index >= 15 is 0 Å². The maximum atomic E-state index is 6.27. The van der Waals surface area contributed by atoms with Crippen LogP contribution in [0.3, 0.4) is 0 Å². The number of aromatic nitrogens is 2. The van der Waals surface area contributed by atoms with Crippen LogP contribution < -0.4 is 10.2 Å². The zero-order chi connectivity index (χ0) is 17.1. The molecule has 3 rings (SSSR count). The molecule has 1 aromatic carbocycles. The van der Waals surface area contributed by atoms with E-state index in [0.29, 0.717) is 12.0 Å². The van der Waals surface area contributed by atoms with Crippen molar-refractivity contribution in [2.75, 3.05) is 37.4 Å². The molecule has 0 radical (unpaired) electrons. The molecule has 7 heteroatoms. The Hall–Kier alpha value is -1.56. The number of halogens is 2. The number of likely N-dealkylation sites (tertiary alicyclic amines) is 1. The summed E-state index contributed by atoms with van der Waals surface area (Å²) in [5.74, 6) is 1.56. The number of anilines is 2. The Morgan fingerprint density at radius 1 is 1.25 bits per heavy atom. The monoisotopic (exact) mass is 365 g/mol. The van der Waals surface area contributed by atoms with Crippen LogP contribution in [0.5, 0.6) is 0 Å².